The van der Waals surface area contributed by atoms with E-state index in [1.807, 2.05) is 72.2 Å². The fourth-order valence-corrected chi connectivity index (χ4v) is 4.18. The molecule has 33 heavy (non-hydrogen) atoms. The summed E-state index contributed by atoms with van der Waals surface area (Å²) in [6.07, 6.45) is 0.342. The number of hydrogen-bond donors (Lipinski definition) is 1. The van der Waals surface area contributed by atoms with Crippen molar-refractivity contribution in [3.05, 3.63) is 88.9 Å². The summed E-state index contributed by atoms with van der Waals surface area (Å²) in [4.78, 5) is 12.6. The third-order valence-electron chi connectivity index (χ3n) is 4.95. The number of nitrogens with zero attached hydrogens (tertiary/aromatic N) is 4. The van der Waals surface area contributed by atoms with Gasteiger partial charge in [0.05, 0.1) is 23.9 Å². The van der Waals surface area contributed by atoms with Gasteiger partial charge in [0, 0.05) is 16.3 Å². The van der Waals surface area contributed by atoms with Crippen LogP contribution in [0, 0.1) is 18.3 Å². The molecule has 0 spiro atoms. The molecular weight excluding hydrogens is 454 g/mol. The highest BCUT2D eigenvalue weighted by Crippen LogP contribution is 2.30. The molecule has 6 nitrogen and oxygen atoms in total. The molecule has 0 saturated carbocycles. The number of thioether (sulfide) groups is 1. The zero-order valence-corrected chi connectivity index (χ0v) is 19.4. The lowest BCUT2D eigenvalue weighted by Crippen LogP contribution is -2.14. The molecule has 0 aliphatic rings. The summed E-state index contributed by atoms with van der Waals surface area (Å²) in [5.74, 6) is 0.697. The second-order valence-electron chi connectivity index (χ2n) is 7.30. The van der Waals surface area contributed by atoms with Crippen molar-refractivity contribution in [3.8, 4) is 23.1 Å². The molecule has 0 aliphatic heterocycles. The molecule has 0 aliphatic carbocycles. The third kappa shape index (κ3) is 5.43. The molecule has 0 radical (unpaired) electrons. The maximum atomic E-state index is 12.6. The number of aryl methyl sites for hydroxylation is 1. The van der Waals surface area contributed by atoms with Crippen LogP contribution in [0.15, 0.2) is 78.0 Å². The van der Waals surface area contributed by atoms with Gasteiger partial charge < -0.3 is 5.32 Å². The van der Waals surface area contributed by atoms with Crippen LogP contribution in [0.1, 0.15) is 11.1 Å². The Balaban J connectivity index is 1.56. The molecule has 1 heterocycles. The second-order valence-corrected chi connectivity index (χ2v) is 8.68. The smallest absolute Gasteiger partial charge is 0.234 e. The summed E-state index contributed by atoms with van der Waals surface area (Å²) in [5.41, 5.74) is 4.49. The van der Waals surface area contributed by atoms with E-state index in [1.54, 1.807) is 12.1 Å². The van der Waals surface area contributed by atoms with Gasteiger partial charge >= 0.3 is 0 Å². The highest BCUT2D eigenvalue weighted by Gasteiger charge is 2.18. The standard InChI is InChI=1S/C25H20ClN5OS/c1-17-4-2-3-5-22(17)31-24(19-8-10-20(26)11-9-19)29-30-25(31)33-16-23(32)28-21-12-6-18(7-13-21)14-15-27/h2-13H,14,16H2,1H3,(H,28,32). The van der Waals surface area contributed by atoms with E-state index in [0.29, 0.717) is 28.1 Å². The van der Waals surface area contributed by atoms with Crippen LogP contribution in [0.5, 0.6) is 0 Å². The van der Waals surface area contributed by atoms with E-state index in [9.17, 15) is 4.79 Å². The van der Waals surface area contributed by atoms with Crippen molar-refractivity contribution in [1.82, 2.24) is 14.8 Å². The maximum absolute atomic E-state index is 12.6. The molecule has 0 fully saturated rings. The average molecular weight is 474 g/mol. The molecule has 1 N–H and O–H groups in total. The Kier molecular flexibility index (Phi) is 7.08. The molecule has 0 unspecified atom stereocenters. The van der Waals surface area contributed by atoms with Crippen LogP contribution in [0.3, 0.4) is 0 Å². The third-order valence-corrected chi connectivity index (χ3v) is 6.13. The molecule has 0 atom stereocenters. The first-order valence-electron chi connectivity index (χ1n) is 10.2. The number of nitrogens with one attached hydrogen (secondary N) is 1. The van der Waals surface area contributed by atoms with Crippen LogP contribution in [0.4, 0.5) is 5.69 Å². The Bertz CT molecular complexity index is 1310. The van der Waals surface area contributed by atoms with Crippen molar-refractivity contribution in [2.45, 2.75) is 18.5 Å². The zero-order valence-electron chi connectivity index (χ0n) is 17.8. The van der Waals surface area contributed by atoms with Gasteiger partial charge in [-0.1, -0.05) is 53.7 Å². The van der Waals surface area contributed by atoms with E-state index in [2.05, 4.69) is 21.6 Å². The number of amides is 1. The Morgan fingerprint density at radius 1 is 1.06 bits per heavy atom. The molecule has 4 aromatic rings. The highest BCUT2D eigenvalue weighted by atomic mass is 35.5. The van der Waals surface area contributed by atoms with E-state index in [-0.39, 0.29) is 11.7 Å². The van der Waals surface area contributed by atoms with Crippen molar-refractivity contribution >= 4 is 35.0 Å². The van der Waals surface area contributed by atoms with E-state index < -0.39 is 0 Å². The highest BCUT2D eigenvalue weighted by molar-refractivity contribution is 7.99. The molecule has 164 valence electrons. The first-order valence-corrected chi connectivity index (χ1v) is 11.6. The predicted octanol–water partition coefficient (Wildman–Crippen LogP) is 5.69. The van der Waals surface area contributed by atoms with Crippen LogP contribution < -0.4 is 5.32 Å². The van der Waals surface area contributed by atoms with E-state index >= 15 is 0 Å². The summed E-state index contributed by atoms with van der Waals surface area (Å²) in [6.45, 7) is 2.03. The molecule has 0 bridgehead atoms. The fraction of sp³-hybridized carbons (Fsp3) is 0.120. The number of halogens is 1. The van der Waals surface area contributed by atoms with Crippen molar-refractivity contribution in [1.29, 1.82) is 5.26 Å². The minimum Gasteiger partial charge on any atom is -0.325 e. The molecule has 8 heteroatoms. The van der Waals surface area contributed by atoms with Gasteiger partial charge in [-0.05, 0) is 60.5 Å². The normalized spacial score (nSPS) is 10.6. The summed E-state index contributed by atoms with van der Waals surface area (Å²) >= 11 is 7.37. The fourth-order valence-electron chi connectivity index (χ4n) is 3.31. The Hall–Kier alpha value is -3.60. The Morgan fingerprint density at radius 2 is 1.79 bits per heavy atom. The van der Waals surface area contributed by atoms with Gasteiger partial charge in [0.1, 0.15) is 0 Å². The number of carbonyl (C=O) groups is 1. The number of nitriles is 1. The minimum atomic E-state index is -0.152. The summed E-state index contributed by atoms with van der Waals surface area (Å²) in [5, 5.41) is 21.7. The second kappa shape index (κ2) is 10.3. The van der Waals surface area contributed by atoms with Gasteiger partial charge in [0.2, 0.25) is 5.91 Å². The van der Waals surface area contributed by atoms with Gasteiger partial charge in [-0.25, -0.2) is 0 Å². The first kappa shape index (κ1) is 22.6. The summed E-state index contributed by atoms with van der Waals surface area (Å²) in [6, 6.07) is 24.8. The lowest BCUT2D eigenvalue weighted by atomic mass is 10.1. The van der Waals surface area contributed by atoms with Crippen LogP contribution in [0.2, 0.25) is 5.02 Å². The minimum absolute atomic E-state index is 0.152. The largest absolute Gasteiger partial charge is 0.325 e. The first-order chi connectivity index (χ1) is 16.0. The molecule has 0 saturated heterocycles. The maximum Gasteiger partial charge on any atom is 0.234 e. The van der Waals surface area contributed by atoms with Gasteiger partial charge in [-0.2, -0.15) is 5.26 Å². The predicted molar refractivity (Wildman–Crippen MR) is 132 cm³/mol. The lowest BCUT2D eigenvalue weighted by Gasteiger charge is -2.13. The van der Waals surface area contributed by atoms with Crippen LogP contribution >= 0.6 is 23.4 Å². The van der Waals surface area contributed by atoms with Crippen molar-refractivity contribution < 1.29 is 4.79 Å². The average Bonchev–Trinajstić information content (AvgIpc) is 3.24. The van der Waals surface area contributed by atoms with E-state index in [4.69, 9.17) is 16.9 Å². The number of para-hydroxylation sites is 1. The van der Waals surface area contributed by atoms with Crippen molar-refractivity contribution in [2.24, 2.45) is 0 Å². The van der Waals surface area contributed by atoms with Gasteiger partial charge in [0.15, 0.2) is 11.0 Å². The number of aromatic nitrogens is 3. The van der Waals surface area contributed by atoms with Gasteiger partial charge in [-0.15, -0.1) is 10.2 Å². The number of benzene rings is 3. The topological polar surface area (TPSA) is 83.6 Å². The van der Waals surface area contributed by atoms with Crippen LogP contribution in [-0.4, -0.2) is 26.4 Å². The molecular formula is C25H20ClN5OS. The van der Waals surface area contributed by atoms with Crippen molar-refractivity contribution in [3.63, 3.8) is 0 Å². The number of rotatable bonds is 7. The van der Waals surface area contributed by atoms with Gasteiger partial charge in [0.25, 0.3) is 0 Å². The Labute approximate surface area is 201 Å². The molecule has 4 rings (SSSR count). The quantitative estimate of drug-likeness (QED) is 0.348. The SMILES string of the molecule is Cc1ccccc1-n1c(SCC(=O)Nc2ccc(CC#N)cc2)nnc1-c1ccc(Cl)cc1. The number of anilines is 1. The molecule has 3 aromatic carbocycles. The van der Waals surface area contributed by atoms with E-state index in [1.165, 1.54) is 11.8 Å². The molecule has 1 amide bonds. The lowest BCUT2D eigenvalue weighted by molar-refractivity contribution is -0.113. The Morgan fingerprint density at radius 3 is 2.48 bits per heavy atom. The van der Waals surface area contributed by atoms with Gasteiger partial charge in [-0.3, -0.25) is 9.36 Å². The molecule has 1 aromatic heterocycles. The number of hydrogen-bond acceptors (Lipinski definition) is 5. The number of carbonyl (C=O) groups excluding carboxylic acids is 1. The van der Waals surface area contributed by atoms with E-state index in [0.717, 1.165) is 22.4 Å². The van der Waals surface area contributed by atoms with Crippen LogP contribution in [0.25, 0.3) is 17.1 Å². The zero-order chi connectivity index (χ0) is 23.2. The summed E-state index contributed by atoms with van der Waals surface area (Å²) in [7, 11) is 0. The van der Waals surface area contributed by atoms with Crippen LogP contribution in [-0.2, 0) is 11.2 Å². The van der Waals surface area contributed by atoms with Crippen molar-refractivity contribution in [2.75, 3.05) is 11.1 Å². The monoisotopic (exact) mass is 473 g/mol. The summed E-state index contributed by atoms with van der Waals surface area (Å²) < 4.78 is 1.97.